The highest BCUT2D eigenvalue weighted by Gasteiger charge is 2.28. The zero-order valence-corrected chi connectivity index (χ0v) is 11.6. The van der Waals surface area contributed by atoms with Crippen LogP contribution in [0.5, 0.6) is 0 Å². The summed E-state index contributed by atoms with van der Waals surface area (Å²) in [6.07, 6.45) is 1.18. The second-order valence-corrected chi connectivity index (χ2v) is 4.82. The van der Waals surface area contributed by atoms with E-state index in [1.54, 1.807) is 0 Å². The molecule has 2 unspecified atom stereocenters. The number of nitrogens with one attached hydrogen (secondary N) is 1. The Morgan fingerprint density at radius 3 is 2.88 bits per heavy atom. The van der Waals surface area contributed by atoms with Gasteiger partial charge in [0.25, 0.3) is 0 Å². The highest BCUT2D eigenvalue weighted by atomic mass is 16.5. The van der Waals surface area contributed by atoms with Crippen molar-refractivity contribution in [2.75, 3.05) is 53.1 Å². The summed E-state index contributed by atoms with van der Waals surface area (Å²) >= 11 is 0. The van der Waals surface area contributed by atoms with Crippen LogP contribution in [0, 0.1) is 5.92 Å². The molecule has 1 heterocycles. The summed E-state index contributed by atoms with van der Waals surface area (Å²) in [6, 6.07) is 0.532. The quantitative estimate of drug-likeness (QED) is 0.613. The van der Waals surface area contributed by atoms with E-state index in [-0.39, 0.29) is 0 Å². The lowest BCUT2D eigenvalue weighted by Gasteiger charge is -2.24. The van der Waals surface area contributed by atoms with Gasteiger partial charge in [-0.2, -0.15) is 0 Å². The fourth-order valence-corrected chi connectivity index (χ4v) is 2.19. The van der Waals surface area contributed by atoms with E-state index in [1.165, 1.54) is 6.42 Å². The first-order valence-corrected chi connectivity index (χ1v) is 6.85. The molecule has 0 aromatic rings. The van der Waals surface area contributed by atoms with Crippen molar-refractivity contribution in [3.05, 3.63) is 0 Å². The Bertz CT molecular complexity index is 190. The summed E-state index contributed by atoms with van der Waals surface area (Å²) in [6.45, 7) is 10.8. The fourth-order valence-electron chi connectivity index (χ4n) is 2.19. The lowest BCUT2D eigenvalue weighted by Crippen LogP contribution is -2.41. The lowest BCUT2D eigenvalue weighted by molar-refractivity contribution is 0.113. The van der Waals surface area contributed by atoms with Crippen LogP contribution in [0.15, 0.2) is 0 Å². The van der Waals surface area contributed by atoms with E-state index in [1.807, 2.05) is 6.92 Å². The van der Waals surface area contributed by atoms with Crippen LogP contribution >= 0.6 is 0 Å². The van der Waals surface area contributed by atoms with Gasteiger partial charge in [-0.05, 0) is 26.9 Å². The largest absolute Gasteiger partial charge is 0.380 e. The molecular weight excluding hydrogens is 216 g/mol. The molecule has 0 amide bonds. The van der Waals surface area contributed by atoms with Crippen LogP contribution < -0.4 is 5.32 Å². The minimum absolute atomic E-state index is 0.532. The maximum atomic E-state index is 5.57. The number of ether oxygens (including phenoxy) is 2. The van der Waals surface area contributed by atoms with E-state index in [2.05, 4.69) is 24.2 Å². The Morgan fingerprint density at radius 1 is 1.35 bits per heavy atom. The SMILES string of the molecule is CCCNC1COCC1CN(C)CCOCC. The topological polar surface area (TPSA) is 33.7 Å². The van der Waals surface area contributed by atoms with Crippen molar-refractivity contribution in [3.63, 3.8) is 0 Å². The predicted molar refractivity (Wildman–Crippen MR) is 70.4 cm³/mol. The fraction of sp³-hybridized carbons (Fsp3) is 1.00. The summed E-state index contributed by atoms with van der Waals surface area (Å²) in [5.41, 5.74) is 0. The molecule has 17 heavy (non-hydrogen) atoms. The third kappa shape index (κ3) is 5.82. The lowest BCUT2D eigenvalue weighted by atomic mass is 10.0. The Balaban J connectivity index is 2.19. The maximum absolute atomic E-state index is 5.57. The molecule has 102 valence electrons. The van der Waals surface area contributed by atoms with E-state index >= 15 is 0 Å². The number of hydrogen-bond donors (Lipinski definition) is 1. The molecule has 0 aromatic carbocycles. The summed E-state index contributed by atoms with van der Waals surface area (Å²) in [5.74, 6) is 0.619. The minimum Gasteiger partial charge on any atom is -0.380 e. The molecule has 0 bridgehead atoms. The number of rotatable bonds is 9. The Kier molecular flexibility index (Phi) is 7.77. The molecule has 0 aliphatic carbocycles. The van der Waals surface area contributed by atoms with E-state index in [0.717, 1.165) is 46.1 Å². The molecule has 1 rings (SSSR count). The molecule has 0 aromatic heterocycles. The Morgan fingerprint density at radius 2 is 2.18 bits per heavy atom. The Hall–Kier alpha value is -0.160. The van der Waals surface area contributed by atoms with Crippen molar-refractivity contribution < 1.29 is 9.47 Å². The van der Waals surface area contributed by atoms with E-state index in [0.29, 0.717) is 12.0 Å². The van der Waals surface area contributed by atoms with Crippen LogP contribution in [0.2, 0.25) is 0 Å². The van der Waals surface area contributed by atoms with Crippen LogP contribution in [0.4, 0.5) is 0 Å². The minimum atomic E-state index is 0.532. The predicted octanol–water partition coefficient (Wildman–Crippen LogP) is 0.969. The van der Waals surface area contributed by atoms with Gasteiger partial charge in [-0.1, -0.05) is 6.92 Å². The smallest absolute Gasteiger partial charge is 0.0623 e. The van der Waals surface area contributed by atoms with Crippen molar-refractivity contribution >= 4 is 0 Å². The normalized spacial score (nSPS) is 24.7. The third-order valence-electron chi connectivity index (χ3n) is 3.22. The first kappa shape index (κ1) is 14.9. The second kappa shape index (κ2) is 8.86. The maximum Gasteiger partial charge on any atom is 0.0623 e. The monoisotopic (exact) mass is 244 g/mol. The molecular formula is C13H28N2O2. The van der Waals surface area contributed by atoms with Crippen molar-refractivity contribution in [1.82, 2.24) is 10.2 Å². The van der Waals surface area contributed by atoms with Crippen LogP contribution in [0.25, 0.3) is 0 Å². The van der Waals surface area contributed by atoms with Gasteiger partial charge < -0.3 is 19.7 Å². The first-order chi connectivity index (χ1) is 8.27. The summed E-state index contributed by atoms with van der Waals surface area (Å²) in [5, 5.41) is 3.57. The van der Waals surface area contributed by atoms with Crippen molar-refractivity contribution in [1.29, 1.82) is 0 Å². The summed E-state index contributed by atoms with van der Waals surface area (Å²) in [4.78, 5) is 2.34. The third-order valence-corrected chi connectivity index (χ3v) is 3.22. The number of nitrogens with zero attached hydrogens (tertiary/aromatic N) is 1. The van der Waals surface area contributed by atoms with Crippen LogP contribution in [-0.2, 0) is 9.47 Å². The van der Waals surface area contributed by atoms with Crippen LogP contribution in [0.3, 0.4) is 0 Å². The molecule has 1 aliphatic heterocycles. The molecule has 1 aliphatic rings. The van der Waals surface area contributed by atoms with Gasteiger partial charge >= 0.3 is 0 Å². The van der Waals surface area contributed by atoms with Gasteiger partial charge in [0, 0.05) is 31.7 Å². The number of hydrogen-bond acceptors (Lipinski definition) is 4. The summed E-state index contributed by atoms with van der Waals surface area (Å²) in [7, 11) is 2.16. The standard InChI is InChI=1S/C13H28N2O2/c1-4-6-14-13-11-17-10-12(13)9-15(3)7-8-16-5-2/h12-14H,4-11H2,1-3H3. The average Bonchev–Trinajstić information content (AvgIpc) is 2.74. The van der Waals surface area contributed by atoms with Gasteiger partial charge in [0.05, 0.1) is 19.8 Å². The van der Waals surface area contributed by atoms with E-state index < -0.39 is 0 Å². The molecule has 2 atom stereocenters. The Labute approximate surface area is 106 Å². The molecule has 1 N–H and O–H groups in total. The second-order valence-electron chi connectivity index (χ2n) is 4.82. The first-order valence-electron chi connectivity index (χ1n) is 6.85. The van der Waals surface area contributed by atoms with Crippen LogP contribution in [-0.4, -0.2) is 64.1 Å². The highest BCUT2D eigenvalue weighted by molar-refractivity contribution is 4.83. The molecule has 4 heteroatoms. The molecule has 0 radical (unpaired) electrons. The average molecular weight is 244 g/mol. The number of likely N-dealkylation sites (N-methyl/N-ethyl adjacent to an activating group) is 1. The summed E-state index contributed by atoms with van der Waals surface area (Å²) < 4.78 is 10.9. The van der Waals surface area contributed by atoms with Gasteiger partial charge in [-0.25, -0.2) is 0 Å². The van der Waals surface area contributed by atoms with E-state index in [4.69, 9.17) is 9.47 Å². The molecule has 4 nitrogen and oxygen atoms in total. The molecule has 0 saturated carbocycles. The zero-order valence-electron chi connectivity index (χ0n) is 11.6. The van der Waals surface area contributed by atoms with Gasteiger partial charge in [-0.15, -0.1) is 0 Å². The van der Waals surface area contributed by atoms with E-state index in [9.17, 15) is 0 Å². The van der Waals surface area contributed by atoms with Gasteiger partial charge in [0.2, 0.25) is 0 Å². The van der Waals surface area contributed by atoms with Gasteiger partial charge in [-0.3, -0.25) is 0 Å². The zero-order chi connectivity index (χ0) is 12.5. The van der Waals surface area contributed by atoms with Crippen molar-refractivity contribution in [3.8, 4) is 0 Å². The van der Waals surface area contributed by atoms with Gasteiger partial charge in [0.15, 0.2) is 0 Å². The van der Waals surface area contributed by atoms with Crippen molar-refractivity contribution in [2.45, 2.75) is 26.3 Å². The molecule has 0 spiro atoms. The van der Waals surface area contributed by atoms with Crippen molar-refractivity contribution in [2.24, 2.45) is 5.92 Å². The molecule has 1 fully saturated rings. The highest BCUT2D eigenvalue weighted by Crippen LogP contribution is 2.14. The molecule has 1 saturated heterocycles. The van der Waals surface area contributed by atoms with Crippen LogP contribution in [0.1, 0.15) is 20.3 Å². The van der Waals surface area contributed by atoms with Gasteiger partial charge in [0.1, 0.15) is 0 Å².